The molecule has 15 heavy (non-hydrogen) atoms. The van der Waals surface area contributed by atoms with E-state index in [0.29, 0.717) is 5.41 Å². The van der Waals surface area contributed by atoms with E-state index in [1.165, 1.54) is 25.7 Å². The summed E-state index contributed by atoms with van der Waals surface area (Å²) >= 11 is 0. The molecule has 2 unspecified atom stereocenters. The molecule has 0 aliphatic heterocycles. The van der Waals surface area contributed by atoms with Gasteiger partial charge in [0.1, 0.15) is 0 Å². The van der Waals surface area contributed by atoms with Crippen molar-refractivity contribution in [3.8, 4) is 0 Å². The van der Waals surface area contributed by atoms with E-state index in [1.54, 1.807) is 0 Å². The van der Waals surface area contributed by atoms with Gasteiger partial charge in [-0.15, -0.1) is 0 Å². The standard InChI is InChI=1S/C13H27OP/c1-10(2)12(4)13(9-14-15)7-5-11(3)6-8-13/h10-12H,5-9,15H2,1-4H3. The third-order valence-electron chi connectivity index (χ3n) is 4.61. The summed E-state index contributed by atoms with van der Waals surface area (Å²) in [7, 11) is 2.43. The highest BCUT2D eigenvalue weighted by molar-refractivity contribution is 7.09. The van der Waals surface area contributed by atoms with Crippen LogP contribution in [0.25, 0.3) is 0 Å². The van der Waals surface area contributed by atoms with Crippen molar-refractivity contribution in [2.75, 3.05) is 6.61 Å². The zero-order valence-electron chi connectivity index (χ0n) is 10.8. The SMILES string of the molecule is CC1CCC(COP)(C(C)C(C)C)CC1. The second-order valence-corrected chi connectivity index (χ2v) is 6.22. The fraction of sp³-hybridized carbons (Fsp3) is 1.00. The van der Waals surface area contributed by atoms with Gasteiger partial charge in [0.05, 0.1) is 6.61 Å². The van der Waals surface area contributed by atoms with Gasteiger partial charge in [-0.05, 0) is 36.0 Å². The van der Waals surface area contributed by atoms with Crippen molar-refractivity contribution in [2.45, 2.75) is 53.4 Å². The third-order valence-corrected chi connectivity index (χ3v) is 4.77. The van der Waals surface area contributed by atoms with Gasteiger partial charge in [-0.2, -0.15) is 0 Å². The Balaban J connectivity index is 2.70. The van der Waals surface area contributed by atoms with Gasteiger partial charge in [0.2, 0.25) is 0 Å². The predicted molar refractivity (Wildman–Crippen MR) is 69.7 cm³/mol. The lowest BCUT2D eigenvalue weighted by molar-refractivity contribution is 0.0161. The molecule has 0 aromatic heterocycles. The molecule has 1 aliphatic rings. The topological polar surface area (TPSA) is 9.23 Å². The van der Waals surface area contributed by atoms with E-state index >= 15 is 0 Å². The molecular formula is C13H27OP. The highest BCUT2D eigenvalue weighted by Gasteiger charge is 2.40. The van der Waals surface area contributed by atoms with Crippen molar-refractivity contribution in [3.63, 3.8) is 0 Å². The van der Waals surface area contributed by atoms with E-state index < -0.39 is 0 Å². The number of hydrogen-bond donors (Lipinski definition) is 0. The first kappa shape index (κ1) is 13.5. The van der Waals surface area contributed by atoms with Crippen LogP contribution in [0.5, 0.6) is 0 Å². The first-order valence-electron chi connectivity index (χ1n) is 6.33. The van der Waals surface area contributed by atoms with Gasteiger partial charge in [-0.25, -0.2) is 0 Å². The minimum atomic E-state index is 0.447. The van der Waals surface area contributed by atoms with Gasteiger partial charge in [0.15, 0.2) is 0 Å². The van der Waals surface area contributed by atoms with Crippen LogP contribution in [0.15, 0.2) is 0 Å². The first-order valence-corrected chi connectivity index (χ1v) is 6.80. The van der Waals surface area contributed by atoms with Crippen LogP contribution in [-0.4, -0.2) is 6.61 Å². The highest BCUT2D eigenvalue weighted by Crippen LogP contribution is 2.47. The Morgan fingerprint density at radius 3 is 2.20 bits per heavy atom. The quantitative estimate of drug-likeness (QED) is 0.655. The maximum absolute atomic E-state index is 5.41. The van der Waals surface area contributed by atoms with E-state index in [0.717, 1.165) is 24.4 Å². The Kier molecular flexibility index (Phi) is 5.06. The van der Waals surface area contributed by atoms with E-state index in [-0.39, 0.29) is 0 Å². The van der Waals surface area contributed by atoms with Crippen LogP contribution in [0.3, 0.4) is 0 Å². The predicted octanol–water partition coefficient (Wildman–Crippen LogP) is 4.28. The molecule has 0 aromatic carbocycles. The smallest absolute Gasteiger partial charge is 0.0560 e. The van der Waals surface area contributed by atoms with Gasteiger partial charge in [0.25, 0.3) is 0 Å². The summed E-state index contributed by atoms with van der Waals surface area (Å²) in [5.74, 6) is 2.45. The highest BCUT2D eigenvalue weighted by atomic mass is 31.0. The zero-order chi connectivity index (χ0) is 11.5. The van der Waals surface area contributed by atoms with Crippen LogP contribution in [0, 0.1) is 23.2 Å². The molecular weight excluding hydrogens is 203 g/mol. The lowest BCUT2D eigenvalue weighted by atomic mass is 9.62. The van der Waals surface area contributed by atoms with Gasteiger partial charge in [-0.1, -0.05) is 40.5 Å². The average molecular weight is 230 g/mol. The summed E-state index contributed by atoms with van der Waals surface area (Å²) in [5.41, 5.74) is 0.447. The minimum absolute atomic E-state index is 0.447. The summed E-state index contributed by atoms with van der Waals surface area (Å²) in [6, 6.07) is 0. The van der Waals surface area contributed by atoms with Crippen LogP contribution >= 0.6 is 9.47 Å². The molecule has 1 saturated carbocycles. The van der Waals surface area contributed by atoms with Crippen LogP contribution in [0.1, 0.15) is 53.4 Å². The molecule has 0 radical (unpaired) electrons. The Morgan fingerprint density at radius 2 is 1.80 bits per heavy atom. The van der Waals surface area contributed by atoms with E-state index in [4.69, 9.17) is 4.52 Å². The molecule has 1 nitrogen and oxygen atoms in total. The first-order chi connectivity index (χ1) is 7.02. The van der Waals surface area contributed by atoms with Gasteiger partial charge in [-0.3, -0.25) is 0 Å². The molecule has 0 saturated heterocycles. The van der Waals surface area contributed by atoms with Gasteiger partial charge < -0.3 is 4.52 Å². The molecule has 1 rings (SSSR count). The zero-order valence-corrected chi connectivity index (χ0v) is 11.9. The molecule has 0 amide bonds. The Hall–Kier alpha value is 0.390. The normalized spacial score (nSPS) is 34.4. The average Bonchev–Trinajstić information content (AvgIpc) is 2.21. The largest absolute Gasteiger partial charge is 0.365 e. The molecule has 2 atom stereocenters. The van der Waals surface area contributed by atoms with Gasteiger partial charge >= 0.3 is 0 Å². The van der Waals surface area contributed by atoms with E-state index in [9.17, 15) is 0 Å². The van der Waals surface area contributed by atoms with Crippen molar-refractivity contribution in [1.82, 2.24) is 0 Å². The summed E-state index contributed by atoms with van der Waals surface area (Å²) in [6.45, 7) is 10.4. The molecule has 0 N–H and O–H groups in total. The van der Waals surface area contributed by atoms with Crippen LogP contribution in [-0.2, 0) is 4.52 Å². The fourth-order valence-corrected chi connectivity index (χ4v) is 3.27. The third kappa shape index (κ3) is 3.17. The second kappa shape index (κ2) is 5.64. The molecule has 90 valence electrons. The van der Waals surface area contributed by atoms with E-state index in [2.05, 4.69) is 37.2 Å². The lowest BCUT2D eigenvalue weighted by Gasteiger charge is -2.45. The van der Waals surface area contributed by atoms with Crippen molar-refractivity contribution >= 4 is 9.47 Å². The maximum Gasteiger partial charge on any atom is 0.0560 e. The molecule has 1 aliphatic carbocycles. The summed E-state index contributed by atoms with van der Waals surface area (Å²) in [4.78, 5) is 0. The summed E-state index contributed by atoms with van der Waals surface area (Å²) in [5, 5.41) is 0. The minimum Gasteiger partial charge on any atom is -0.365 e. The Morgan fingerprint density at radius 1 is 1.27 bits per heavy atom. The van der Waals surface area contributed by atoms with Crippen LogP contribution < -0.4 is 0 Å². The monoisotopic (exact) mass is 230 g/mol. The van der Waals surface area contributed by atoms with Crippen LogP contribution in [0.4, 0.5) is 0 Å². The summed E-state index contributed by atoms with van der Waals surface area (Å²) < 4.78 is 5.41. The molecule has 0 spiro atoms. The molecule has 2 heteroatoms. The lowest BCUT2D eigenvalue weighted by Crippen LogP contribution is -2.39. The molecule has 0 bridgehead atoms. The van der Waals surface area contributed by atoms with Gasteiger partial charge in [0, 0.05) is 9.47 Å². The second-order valence-electron chi connectivity index (χ2n) is 5.89. The Bertz CT molecular complexity index is 183. The van der Waals surface area contributed by atoms with Crippen molar-refractivity contribution in [2.24, 2.45) is 23.2 Å². The van der Waals surface area contributed by atoms with Crippen molar-refractivity contribution in [3.05, 3.63) is 0 Å². The summed E-state index contributed by atoms with van der Waals surface area (Å²) in [6.07, 6.45) is 5.46. The van der Waals surface area contributed by atoms with Crippen LogP contribution in [0.2, 0.25) is 0 Å². The fourth-order valence-electron chi connectivity index (χ4n) is 2.94. The van der Waals surface area contributed by atoms with E-state index in [1.807, 2.05) is 0 Å². The number of rotatable bonds is 4. The molecule has 1 fully saturated rings. The van der Waals surface area contributed by atoms with Crippen molar-refractivity contribution in [1.29, 1.82) is 0 Å². The molecule has 0 heterocycles. The number of hydrogen-bond acceptors (Lipinski definition) is 1. The molecule has 0 aromatic rings. The van der Waals surface area contributed by atoms with Crippen molar-refractivity contribution < 1.29 is 4.52 Å². The maximum atomic E-state index is 5.41. The Labute approximate surface area is 97.6 Å².